The summed E-state index contributed by atoms with van der Waals surface area (Å²) in [4.78, 5) is 13.0. The lowest BCUT2D eigenvalue weighted by Gasteiger charge is -2.32. The van der Waals surface area contributed by atoms with Crippen LogP contribution in [0.15, 0.2) is 0 Å². The number of nitriles is 1. The SMILES string of the molecule is N#CC1CNCCN1C(=O)CCOCC(F)(F)F. The number of rotatable bonds is 4. The average Bonchev–Trinajstić information content (AvgIpc) is 2.33. The smallest absolute Gasteiger partial charge is 0.372 e. The Bertz CT molecular complexity index is 327. The number of nitrogens with zero attached hydrogens (tertiary/aromatic N) is 2. The van der Waals surface area contributed by atoms with Crippen LogP contribution in [0.5, 0.6) is 0 Å². The normalized spacial score (nSPS) is 20.6. The molecule has 1 saturated heterocycles. The lowest BCUT2D eigenvalue weighted by Crippen LogP contribution is -2.53. The summed E-state index contributed by atoms with van der Waals surface area (Å²) in [5, 5.41) is 11.8. The summed E-state index contributed by atoms with van der Waals surface area (Å²) in [7, 11) is 0. The Morgan fingerprint density at radius 2 is 2.28 bits per heavy atom. The summed E-state index contributed by atoms with van der Waals surface area (Å²) in [6.07, 6.45) is -4.53. The van der Waals surface area contributed by atoms with Crippen LogP contribution >= 0.6 is 0 Å². The lowest BCUT2D eigenvalue weighted by molar-refractivity contribution is -0.175. The van der Waals surface area contributed by atoms with Gasteiger partial charge in [0.25, 0.3) is 0 Å². The quantitative estimate of drug-likeness (QED) is 0.741. The lowest BCUT2D eigenvalue weighted by atomic mass is 10.2. The van der Waals surface area contributed by atoms with Gasteiger partial charge in [-0.3, -0.25) is 4.79 Å². The second kappa shape index (κ2) is 6.56. The fourth-order valence-electron chi connectivity index (χ4n) is 1.61. The summed E-state index contributed by atoms with van der Waals surface area (Å²) in [6, 6.07) is 1.41. The number of carbonyl (C=O) groups excluding carboxylic acids is 1. The highest BCUT2D eigenvalue weighted by atomic mass is 19.4. The molecule has 1 unspecified atom stereocenters. The molecule has 0 bridgehead atoms. The fraction of sp³-hybridized carbons (Fsp3) is 0.800. The Morgan fingerprint density at radius 1 is 1.56 bits per heavy atom. The molecular weight excluding hydrogens is 251 g/mol. The molecule has 1 atom stereocenters. The molecular formula is C10H14F3N3O2. The molecule has 1 amide bonds. The molecule has 1 N–H and O–H groups in total. The Balaban J connectivity index is 2.29. The molecule has 1 aliphatic heterocycles. The third-order valence-electron chi connectivity index (χ3n) is 2.44. The number of ether oxygens (including phenoxy) is 1. The highest BCUT2D eigenvalue weighted by Crippen LogP contribution is 2.14. The van der Waals surface area contributed by atoms with Crippen LogP contribution in [0.4, 0.5) is 13.2 Å². The number of hydrogen-bond acceptors (Lipinski definition) is 4. The largest absolute Gasteiger partial charge is 0.411 e. The molecule has 0 radical (unpaired) electrons. The number of alkyl halides is 3. The molecule has 1 rings (SSSR count). The monoisotopic (exact) mass is 265 g/mol. The van der Waals surface area contributed by atoms with Gasteiger partial charge < -0.3 is 15.0 Å². The van der Waals surface area contributed by atoms with Crippen molar-refractivity contribution in [1.82, 2.24) is 10.2 Å². The number of nitrogens with one attached hydrogen (secondary N) is 1. The first-order valence-electron chi connectivity index (χ1n) is 5.48. The molecule has 0 aromatic rings. The minimum atomic E-state index is -4.38. The van der Waals surface area contributed by atoms with Crippen molar-refractivity contribution in [2.24, 2.45) is 0 Å². The van der Waals surface area contributed by atoms with Crippen molar-refractivity contribution in [1.29, 1.82) is 5.26 Å². The Kier molecular flexibility index (Phi) is 5.37. The van der Waals surface area contributed by atoms with Crippen molar-refractivity contribution in [3.63, 3.8) is 0 Å². The molecule has 1 heterocycles. The van der Waals surface area contributed by atoms with Gasteiger partial charge in [0.05, 0.1) is 19.1 Å². The molecule has 8 heteroatoms. The molecule has 0 aromatic heterocycles. The van der Waals surface area contributed by atoms with E-state index in [0.29, 0.717) is 19.6 Å². The summed E-state index contributed by atoms with van der Waals surface area (Å²) in [6.45, 7) is -0.306. The van der Waals surface area contributed by atoms with Crippen molar-refractivity contribution in [3.05, 3.63) is 0 Å². The summed E-state index contributed by atoms with van der Waals surface area (Å²) >= 11 is 0. The molecule has 1 aliphatic rings. The first-order valence-corrected chi connectivity index (χ1v) is 5.48. The summed E-state index contributed by atoms with van der Waals surface area (Å²) in [5.41, 5.74) is 0. The average molecular weight is 265 g/mol. The molecule has 0 saturated carbocycles. The van der Waals surface area contributed by atoms with Gasteiger partial charge in [-0.05, 0) is 0 Å². The Hall–Kier alpha value is -1.33. The number of hydrogen-bond donors (Lipinski definition) is 1. The maximum Gasteiger partial charge on any atom is 0.411 e. The minimum Gasteiger partial charge on any atom is -0.372 e. The van der Waals surface area contributed by atoms with E-state index in [1.54, 1.807) is 0 Å². The number of carbonyl (C=O) groups is 1. The highest BCUT2D eigenvalue weighted by Gasteiger charge is 2.28. The first kappa shape index (κ1) is 14.7. The van der Waals surface area contributed by atoms with Crippen LogP contribution in [-0.4, -0.2) is 55.9 Å². The zero-order chi connectivity index (χ0) is 13.6. The highest BCUT2D eigenvalue weighted by molar-refractivity contribution is 5.77. The van der Waals surface area contributed by atoms with E-state index >= 15 is 0 Å². The van der Waals surface area contributed by atoms with Gasteiger partial charge in [-0.15, -0.1) is 0 Å². The second-order valence-electron chi connectivity index (χ2n) is 3.85. The molecule has 0 spiro atoms. The van der Waals surface area contributed by atoms with Crippen LogP contribution in [0.2, 0.25) is 0 Å². The van der Waals surface area contributed by atoms with Gasteiger partial charge in [0.15, 0.2) is 0 Å². The van der Waals surface area contributed by atoms with Crippen LogP contribution in [-0.2, 0) is 9.53 Å². The molecule has 18 heavy (non-hydrogen) atoms. The van der Waals surface area contributed by atoms with Crippen LogP contribution in [0, 0.1) is 11.3 Å². The molecule has 5 nitrogen and oxygen atoms in total. The van der Waals surface area contributed by atoms with Crippen molar-refractivity contribution < 1.29 is 22.7 Å². The van der Waals surface area contributed by atoms with Crippen molar-refractivity contribution >= 4 is 5.91 Å². The number of piperazine rings is 1. The van der Waals surface area contributed by atoms with E-state index in [9.17, 15) is 18.0 Å². The molecule has 0 aliphatic carbocycles. The maximum absolute atomic E-state index is 11.8. The number of halogens is 3. The van der Waals surface area contributed by atoms with Crippen LogP contribution in [0.25, 0.3) is 0 Å². The van der Waals surface area contributed by atoms with Crippen LogP contribution in [0.3, 0.4) is 0 Å². The first-order chi connectivity index (χ1) is 8.44. The maximum atomic E-state index is 11.8. The third-order valence-corrected chi connectivity index (χ3v) is 2.44. The standard InChI is InChI=1S/C10H14F3N3O2/c11-10(12,13)7-18-4-1-9(17)16-3-2-15-6-8(16)5-14/h8,15H,1-4,6-7H2. The van der Waals surface area contributed by atoms with Gasteiger partial charge in [0, 0.05) is 19.6 Å². The van der Waals surface area contributed by atoms with E-state index in [1.807, 2.05) is 6.07 Å². The Labute approximate surface area is 102 Å². The van der Waals surface area contributed by atoms with Crippen LogP contribution in [0.1, 0.15) is 6.42 Å². The van der Waals surface area contributed by atoms with Gasteiger partial charge in [0.2, 0.25) is 5.91 Å². The number of amides is 1. The minimum absolute atomic E-state index is 0.145. The van der Waals surface area contributed by atoms with Gasteiger partial charge >= 0.3 is 6.18 Å². The van der Waals surface area contributed by atoms with Gasteiger partial charge in [-0.25, -0.2) is 0 Å². The zero-order valence-corrected chi connectivity index (χ0v) is 9.66. The molecule has 0 aromatic carbocycles. The van der Waals surface area contributed by atoms with E-state index in [2.05, 4.69) is 10.1 Å². The van der Waals surface area contributed by atoms with Crippen molar-refractivity contribution in [3.8, 4) is 6.07 Å². The molecule has 102 valence electrons. The Morgan fingerprint density at radius 3 is 2.89 bits per heavy atom. The van der Waals surface area contributed by atoms with E-state index in [1.165, 1.54) is 4.90 Å². The third kappa shape index (κ3) is 4.89. The van der Waals surface area contributed by atoms with Crippen LogP contribution < -0.4 is 5.32 Å². The van der Waals surface area contributed by atoms with E-state index < -0.39 is 18.8 Å². The predicted octanol–water partition coefficient (Wildman–Crippen LogP) is 0.279. The zero-order valence-electron chi connectivity index (χ0n) is 9.66. The van der Waals surface area contributed by atoms with E-state index in [0.717, 1.165) is 0 Å². The van der Waals surface area contributed by atoms with E-state index in [4.69, 9.17) is 5.26 Å². The van der Waals surface area contributed by atoms with Crippen molar-refractivity contribution in [2.45, 2.75) is 18.6 Å². The second-order valence-corrected chi connectivity index (χ2v) is 3.85. The topological polar surface area (TPSA) is 65.4 Å². The van der Waals surface area contributed by atoms with Gasteiger partial charge in [-0.2, -0.15) is 18.4 Å². The van der Waals surface area contributed by atoms with Crippen molar-refractivity contribution in [2.75, 3.05) is 32.8 Å². The van der Waals surface area contributed by atoms with E-state index in [-0.39, 0.29) is 18.9 Å². The van der Waals surface area contributed by atoms with Gasteiger partial charge in [-0.1, -0.05) is 0 Å². The fourth-order valence-corrected chi connectivity index (χ4v) is 1.61. The predicted molar refractivity (Wildman–Crippen MR) is 55.5 cm³/mol. The molecule has 1 fully saturated rings. The van der Waals surface area contributed by atoms with Gasteiger partial charge in [0.1, 0.15) is 12.6 Å². The summed E-state index contributed by atoms with van der Waals surface area (Å²) in [5.74, 6) is -0.356. The summed E-state index contributed by atoms with van der Waals surface area (Å²) < 4.78 is 39.7.